The van der Waals surface area contributed by atoms with Gasteiger partial charge >= 0.3 is 0 Å². The number of aliphatic hydroxyl groups excluding tert-OH is 1. The molecule has 0 rings (SSSR count). The van der Waals surface area contributed by atoms with Crippen LogP contribution >= 0.6 is 0 Å². The summed E-state index contributed by atoms with van der Waals surface area (Å²) in [5.74, 6) is 10.5. The first-order chi connectivity index (χ1) is 7.57. The van der Waals surface area contributed by atoms with Gasteiger partial charge in [0.25, 0.3) is 0 Å². The molecule has 0 saturated carbocycles. The molecule has 0 fully saturated rings. The Morgan fingerprint density at radius 3 is 1.88 bits per heavy atom. The highest BCUT2D eigenvalue weighted by molar-refractivity contribution is 4.89. The van der Waals surface area contributed by atoms with Gasteiger partial charge in [0, 0.05) is 5.41 Å². The van der Waals surface area contributed by atoms with Gasteiger partial charge in [-0.25, -0.2) is 11.8 Å². The molecule has 0 heterocycles. The van der Waals surface area contributed by atoms with Gasteiger partial charge in [-0.05, 0) is 25.7 Å². The van der Waals surface area contributed by atoms with Crippen LogP contribution in [0.25, 0.3) is 0 Å². The van der Waals surface area contributed by atoms with Gasteiger partial charge in [0.1, 0.15) is 0 Å². The van der Waals surface area contributed by atoms with Crippen LogP contribution < -0.4 is 11.8 Å². The highest BCUT2D eigenvalue weighted by Gasteiger charge is 2.39. The fourth-order valence-electron chi connectivity index (χ4n) is 2.06. The van der Waals surface area contributed by atoms with E-state index in [1.807, 2.05) is 20.8 Å². The van der Waals surface area contributed by atoms with Crippen LogP contribution in [0.5, 0.6) is 0 Å². The van der Waals surface area contributed by atoms with Gasteiger partial charge in [-0.15, -0.1) is 0 Å². The third-order valence-electron chi connectivity index (χ3n) is 3.71. The van der Waals surface area contributed by atoms with E-state index in [-0.39, 0.29) is 12.0 Å². The van der Waals surface area contributed by atoms with E-state index in [4.69, 9.17) is 21.5 Å². The SMILES string of the molecule is CCC(CO)(CON)CC(CC)(CC)ON. The van der Waals surface area contributed by atoms with Gasteiger partial charge in [-0.1, -0.05) is 20.8 Å². The fraction of sp³-hybridized carbons (Fsp3) is 1.00. The van der Waals surface area contributed by atoms with Gasteiger partial charge in [0.05, 0.1) is 18.8 Å². The normalized spacial score (nSPS) is 16.1. The lowest BCUT2D eigenvalue weighted by atomic mass is 9.74. The van der Waals surface area contributed by atoms with Crippen molar-refractivity contribution in [3.8, 4) is 0 Å². The standard InChI is InChI=1S/C11H26N2O3/c1-4-10(8-14,9-15-12)7-11(5-2,6-3)16-13/h14H,4-9,12-13H2,1-3H3. The van der Waals surface area contributed by atoms with E-state index >= 15 is 0 Å². The molecule has 0 spiro atoms. The molecular formula is C11H26N2O3. The van der Waals surface area contributed by atoms with Gasteiger partial charge in [0.2, 0.25) is 0 Å². The third kappa shape index (κ3) is 3.68. The van der Waals surface area contributed by atoms with Crippen LogP contribution in [0.3, 0.4) is 0 Å². The molecule has 1 unspecified atom stereocenters. The van der Waals surface area contributed by atoms with Crippen molar-refractivity contribution in [3.63, 3.8) is 0 Å². The average molecular weight is 234 g/mol. The van der Waals surface area contributed by atoms with E-state index in [2.05, 4.69) is 0 Å². The zero-order chi connectivity index (χ0) is 12.7. The van der Waals surface area contributed by atoms with Crippen LogP contribution in [-0.2, 0) is 9.68 Å². The molecule has 5 nitrogen and oxygen atoms in total. The predicted molar refractivity (Wildman–Crippen MR) is 63.2 cm³/mol. The predicted octanol–water partition coefficient (Wildman–Crippen LogP) is 1.10. The minimum Gasteiger partial charge on any atom is -0.396 e. The van der Waals surface area contributed by atoms with Crippen LogP contribution in [0, 0.1) is 5.41 Å². The summed E-state index contributed by atoms with van der Waals surface area (Å²) >= 11 is 0. The lowest BCUT2D eigenvalue weighted by Crippen LogP contribution is -2.44. The molecule has 0 radical (unpaired) electrons. The molecule has 16 heavy (non-hydrogen) atoms. The molecule has 5 heteroatoms. The molecule has 0 aromatic rings. The summed E-state index contributed by atoms with van der Waals surface area (Å²) in [4.78, 5) is 9.85. The summed E-state index contributed by atoms with van der Waals surface area (Å²) in [5.41, 5.74) is -0.780. The van der Waals surface area contributed by atoms with Gasteiger partial charge in [-0.3, -0.25) is 4.84 Å². The smallest absolute Gasteiger partial charge is 0.0895 e. The fourth-order valence-corrected chi connectivity index (χ4v) is 2.06. The zero-order valence-electron chi connectivity index (χ0n) is 10.7. The van der Waals surface area contributed by atoms with Crippen molar-refractivity contribution in [3.05, 3.63) is 0 Å². The molecule has 98 valence electrons. The van der Waals surface area contributed by atoms with Crippen LogP contribution in [0.15, 0.2) is 0 Å². The molecule has 0 bridgehead atoms. The number of hydrogen-bond acceptors (Lipinski definition) is 5. The van der Waals surface area contributed by atoms with Crippen molar-refractivity contribution in [2.24, 2.45) is 17.2 Å². The Morgan fingerprint density at radius 2 is 1.62 bits per heavy atom. The lowest BCUT2D eigenvalue weighted by molar-refractivity contribution is -0.112. The Balaban J connectivity index is 4.81. The Bertz CT molecular complexity index is 172. The second-order valence-electron chi connectivity index (χ2n) is 4.51. The van der Waals surface area contributed by atoms with Gasteiger partial charge in [-0.2, -0.15) is 0 Å². The number of rotatable bonds is 9. The monoisotopic (exact) mass is 234 g/mol. The van der Waals surface area contributed by atoms with E-state index in [1.54, 1.807) is 0 Å². The first-order valence-corrected chi connectivity index (χ1v) is 5.88. The van der Waals surface area contributed by atoms with Crippen LogP contribution in [0.1, 0.15) is 46.5 Å². The maximum absolute atomic E-state index is 9.53. The number of aliphatic hydroxyl groups is 1. The van der Waals surface area contributed by atoms with Gasteiger partial charge in [0.15, 0.2) is 0 Å². The summed E-state index contributed by atoms with van der Waals surface area (Å²) in [6.45, 7) is 6.38. The Morgan fingerprint density at radius 1 is 1.06 bits per heavy atom. The topological polar surface area (TPSA) is 90.7 Å². The van der Waals surface area contributed by atoms with Crippen LogP contribution in [0.4, 0.5) is 0 Å². The summed E-state index contributed by atoms with van der Waals surface area (Å²) in [6, 6.07) is 0. The number of hydrogen-bond donors (Lipinski definition) is 3. The summed E-state index contributed by atoms with van der Waals surface area (Å²) in [7, 11) is 0. The molecule has 0 aromatic carbocycles. The van der Waals surface area contributed by atoms with Gasteiger partial charge < -0.3 is 9.94 Å². The van der Waals surface area contributed by atoms with E-state index in [9.17, 15) is 5.11 Å². The van der Waals surface area contributed by atoms with Crippen molar-refractivity contribution in [2.75, 3.05) is 13.2 Å². The van der Waals surface area contributed by atoms with E-state index in [0.717, 1.165) is 19.3 Å². The minimum atomic E-state index is -0.405. The largest absolute Gasteiger partial charge is 0.396 e. The Hall–Kier alpha value is -0.200. The summed E-state index contributed by atoms with van der Waals surface area (Å²) in [5, 5.41) is 9.53. The molecule has 5 N–H and O–H groups in total. The third-order valence-corrected chi connectivity index (χ3v) is 3.71. The first kappa shape index (κ1) is 15.8. The lowest BCUT2D eigenvalue weighted by Gasteiger charge is -2.39. The van der Waals surface area contributed by atoms with Crippen molar-refractivity contribution in [1.29, 1.82) is 0 Å². The molecular weight excluding hydrogens is 208 g/mol. The zero-order valence-corrected chi connectivity index (χ0v) is 10.7. The number of nitrogens with two attached hydrogens (primary N) is 2. The Labute approximate surface area is 98.0 Å². The highest BCUT2D eigenvalue weighted by Crippen LogP contribution is 2.37. The second kappa shape index (κ2) is 7.19. The van der Waals surface area contributed by atoms with Crippen molar-refractivity contribution in [1.82, 2.24) is 0 Å². The van der Waals surface area contributed by atoms with E-state index < -0.39 is 5.60 Å². The van der Waals surface area contributed by atoms with Crippen molar-refractivity contribution in [2.45, 2.75) is 52.1 Å². The molecule has 0 aliphatic rings. The molecule has 0 aliphatic carbocycles. The van der Waals surface area contributed by atoms with Crippen LogP contribution in [0.2, 0.25) is 0 Å². The van der Waals surface area contributed by atoms with Crippen molar-refractivity contribution >= 4 is 0 Å². The van der Waals surface area contributed by atoms with Crippen molar-refractivity contribution < 1.29 is 14.8 Å². The molecule has 0 amide bonds. The van der Waals surface area contributed by atoms with E-state index in [1.165, 1.54) is 0 Å². The molecule has 0 saturated heterocycles. The maximum atomic E-state index is 9.53. The van der Waals surface area contributed by atoms with E-state index in [0.29, 0.717) is 13.0 Å². The average Bonchev–Trinajstić information content (AvgIpc) is 2.35. The maximum Gasteiger partial charge on any atom is 0.0895 e. The summed E-state index contributed by atoms with van der Waals surface area (Å²) in [6.07, 6.45) is 3.01. The second-order valence-corrected chi connectivity index (χ2v) is 4.51. The minimum absolute atomic E-state index is 0.0197. The molecule has 1 atom stereocenters. The Kier molecular flexibility index (Phi) is 7.10. The molecule has 0 aliphatic heterocycles. The van der Waals surface area contributed by atoms with Crippen LogP contribution in [-0.4, -0.2) is 23.9 Å². The molecule has 0 aromatic heterocycles. The quantitative estimate of drug-likeness (QED) is 0.520. The highest BCUT2D eigenvalue weighted by atomic mass is 16.6. The summed E-state index contributed by atoms with van der Waals surface area (Å²) < 4.78 is 0. The first-order valence-electron chi connectivity index (χ1n) is 5.88.